The van der Waals surface area contributed by atoms with Gasteiger partial charge in [0.25, 0.3) is 5.91 Å². The Morgan fingerprint density at radius 3 is 1.62 bits per heavy atom. The van der Waals surface area contributed by atoms with Crippen molar-refractivity contribution in [1.29, 1.82) is 0 Å². The lowest BCUT2D eigenvalue weighted by Gasteiger charge is -2.41. The average molecular weight is 1370 g/mol. The van der Waals surface area contributed by atoms with Gasteiger partial charge in [-0.1, -0.05) is 19.9 Å². The van der Waals surface area contributed by atoms with E-state index in [-0.39, 0.29) is 73.4 Å². The van der Waals surface area contributed by atoms with E-state index in [0.717, 1.165) is 36.9 Å². The van der Waals surface area contributed by atoms with Gasteiger partial charge in [0.1, 0.15) is 28.2 Å². The monoisotopic (exact) mass is 1370 g/mol. The van der Waals surface area contributed by atoms with E-state index in [1.54, 1.807) is 18.2 Å². The number of carbonyl (C=O) groups is 5. The molecule has 1 aliphatic heterocycles. The standard InChI is InChI=1S/C71H115N9O17/c1-49(2)54-43-53(17-18-57(54)75-58(65-59(88-12)15-14-16-60(65)89-13)44-56(72)66(85)76-71(67(86)87)52-40-50-39-51(42-52)55(71)41-50)73-19-29-90-31-33-92-35-37-94-38-36-93-34-32-91-30-20-74-61(81)45-77-21-23-78(46-62(82)95-68(3,4)5)25-27-80(48-64(84)97-70(9,10)11)28-26-79(24-22-77)47-63(83)96-69(6,7)8/h14-18,43-44,49-52,55,62,73,82H,19-42,45-48,72H2,1-13H3,(H,74,81)(H,76,85)(H,86,87). The summed E-state index contributed by atoms with van der Waals surface area (Å²) in [4.78, 5) is 79.8. The van der Waals surface area contributed by atoms with E-state index in [9.17, 15) is 34.2 Å². The van der Waals surface area contributed by atoms with Gasteiger partial charge in [-0.05, 0) is 160 Å². The zero-order valence-corrected chi connectivity index (χ0v) is 60.1. The van der Waals surface area contributed by atoms with E-state index in [2.05, 4.69) is 34.7 Å². The van der Waals surface area contributed by atoms with Gasteiger partial charge in [0.2, 0.25) is 5.91 Å². The van der Waals surface area contributed by atoms with Crippen LogP contribution in [0.15, 0.2) is 53.2 Å². The largest absolute Gasteiger partial charge is 0.496 e. The molecule has 1 saturated heterocycles. The Labute approximate surface area is 575 Å². The highest BCUT2D eigenvalue weighted by molar-refractivity contribution is 6.16. The minimum atomic E-state index is -1.36. The number of carboxylic acids is 1. The zero-order valence-electron chi connectivity index (χ0n) is 60.1. The summed E-state index contributed by atoms with van der Waals surface area (Å²) in [6, 6.07) is 11.2. The average Bonchev–Trinajstić information content (AvgIpc) is 1.55. The summed E-state index contributed by atoms with van der Waals surface area (Å²) in [5.74, 6) is -1.05. The first-order chi connectivity index (χ1) is 45.9. The number of β-amino-alcohol motifs (C(OH)–C–C–N with tert-alkyl or cyclic N) is 1. The minimum absolute atomic E-state index is 0.0426. The summed E-state index contributed by atoms with van der Waals surface area (Å²) in [6.07, 6.45) is 3.81. The van der Waals surface area contributed by atoms with Gasteiger partial charge in [-0.3, -0.25) is 38.8 Å². The number of nitrogens with one attached hydrogen (secondary N) is 3. The van der Waals surface area contributed by atoms with Crippen molar-refractivity contribution < 1.29 is 81.6 Å². The third-order valence-corrected chi connectivity index (χ3v) is 17.4. The number of anilines is 1. The van der Waals surface area contributed by atoms with Crippen LogP contribution in [0.25, 0.3) is 0 Å². The number of carboxylic acid groups (broad SMARTS) is 1. The molecule has 2 aromatic carbocycles. The normalized spacial score (nSPS) is 21.4. The molecule has 5 fully saturated rings. The van der Waals surface area contributed by atoms with Crippen molar-refractivity contribution >= 4 is 46.8 Å². The lowest BCUT2D eigenvalue weighted by atomic mass is 9.70. The van der Waals surface area contributed by atoms with Crippen molar-refractivity contribution in [3.05, 3.63) is 59.3 Å². The molecule has 2 aromatic rings. The van der Waals surface area contributed by atoms with E-state index >= 15 is 0 Å². The van der Waals surface area contributed by atoms with Crippen molar-refractivity contribution in [2.75, 3.05) is 177 Å². The van der Waals surface area contributed by atoms with Gasteiger partial charge >= 0.3 is 17.9 Å². The highest BCUT2D eigenvalue weighted by Gasteiger charge is 2.67. The van der Waals surface area contributed by atoms with Gasteiger partial charge in [0.05, 0.1) is 128 Å². The first kappa shape index (κ1) is 79.9. The number of methoxy groups -OCH3 is 2. The molecule has 7 rings (SSSR count). The molecule has 97 heavy (non-hydrogen) atoms. The Morgan fingerprint density at radius 2 is 1.14 bits per heavy atom. The number of aliphatic hydroxyl groups is 1. The lowest BCUT2D eigenvalue weighted by Crippen LogP contribution is -2.63. The minimum Gasteiger partial charge on any atom is -0.496 e. The van der Waals surface area contributed by atoms with Gasteiger partial charge in [0.15, 0.2) is 6.29 Å². The van der Waals surface area contributed by atoms with Crippen LogP contribution in [0.3, 0.4) is 0 Å². The van der Waals surface area contributed by atoms with Crippen LogP contribution in [-0.4, -0.2) is 266 Å². The molecule has 6 unspecified atom stereocenters. The van der Waals surface area contributed by atoms with E-state index in [1.165, 1.54) is 20.3 Å². The Hall–Kier alpha value is -6.04. The number of nitrogens with zero attached hydrogens (tertiary/aromatic N) is 5. The van der Waals surface area contributed by atoms with Gasteiger partial charge in [-0.2, -0.15) is 0 Å². The van der Waals surface area contributed by atoms with Crippen molar-refractivity contribution in [3.63, 3.8) is 0 Å². The van der Waals surface area contributed by atoms with Crippen molar-refractivity contribution in [2.45, 2.75) is 136 Å². The van der Waals surface area contributed by atoms with Gasteiger partial charge in [-0.25, -0.2) is 9.79 Å². The molecule has 2 amide bonds. The second kappa shape index (κ2) is 38.5. The number of nitrogens with two attached hydrogens (primary N) is 1. The summed E-state index contributed by atoms with van der Waals surface area (Å²) >= 11 is 0. The fourth-order valence-electron chi connectivity index (χ4n) is 13.3. The molecule has 4 aliphatic carbocycles. The quantitative estimate of drug-likeness (QED) is 0.0161. The van der Waals surface area contributed by atoms with Gasteiger partial charge in [-0.15, -0.1) is 0 Å². The predicted octanol–water partition coefficient (Wildman–Crippen LogP) is 5.45. The number of hydrogen-bond donors (Lipinski definition) is 6. The number of benzene rings is 2. The topological polar surface area (TPSA) is 306 Å². The lowest BCUT2D eigenvalue weighted by molar-refractivity contribution is -0.174. The second-order valence-corrected chi connectivity index (χ2v) is 28.9. The third kappa shape index (κ3) is 26.9. The number of aliphatic hydroxyl groups excluding tert-OH is 1. The summed E-state index contributed by atoms with van der Waals surface area (Å²) in [5, 5.41) is 30.9. The molecule has 7 N–H and O–H groups in total. The number of aliphatic carboxylic acids is 1. The van der Waals surface area contributed by atoms with Crippen molar-refractivity contribution in [3.8, 4) is 11.5 Å². The molecular weight excluding hydrogens is 1250 g/mol. The molecule has 0 spiro atoms. The first-order valence-electron chi connectivity index (χ1n) is 34.5. The molecular formula is C71H115N9O17. The maximum Gasteiger partial charge on any atom is 0.330 e. The number of esters is 2. The Bertz CT molecular complexity index is 2870. The molecule has 26 heteroatoms. The van der Waals surface area contributed by atoms with Crippen LogP contribution in [0.2, 0.25) is 0 Å². The molecule has 6 atom stereocenters. The molecule has 4 bridgehead atoms. The SMILES string of the molecule is COc1cccc(OC)c1C(C=C(N)C(=O)NC1(C(=O)O)C2CC3CC(C2)C1C3)=Nc1ccc(NCCOCCOCCOCCOCCOCCNC(=O)CN2CCN(CC(=O)OC(C)(C)C)CCN(CC(=O)OC(C)(C)C)CCN(CC(O)OC(C)(C)C)CC2)cc1C(C)C. The first-order valence-corrected chi connectivity index (χ1v) is 34.5. The van der Waals surface area contributed by atoms with Crippen LogP contribution in [0.1, 0.15) is 119 Å². The van der Waals surface area contributed by atoms with E-state index in [0.29, 0.717) is 166 Å². The second-order valence-electron chi connectivity index (χ2n) is 28.9. The van der Waals surface area contributed by atoms with Crippen LogP contribution in [0.5, 0.6) is 11.5 Å². The molecule has 5 aliphatic rings. The fourth-order valence-corrected chi connectivity index (χ4v) is 13.3. The van der Waals surface area contributed by atoms with Crippen LogP contribution in [0.4, 0.5) is 11.4 Å². The van der Waals surface area contributed by atoms with E-state index in [1.807, 2.05) is 95.2 Å². The Morgan fingerprint density at radius 1 is 0.649 bits per heavy atom. The molecule has 4 saturated carbocycles. The van der Waals surface area contributed by atoms with Gasteiger partial charge in [0, 0.05) is 77.7 Å². The smallest absolute Gasteiger partial charge is 0.330 e. The number of amides is 2. The molecule has 0 aromatic heterocycles. The summed E-state index contributed by atoms with van der Waals surface area (Å²) in [5.41, 5.74) is 6.42. The summed E-state index contributed by atoms with van der Waals surface area (Å²) in [6.45, 7) is 29.6. The predicted molar refractivity (Wildman–Crippen MR) is 369 cm³/mol. The number of carbonyl (C=O) groups excluding carboxylic acids is 4. The van der Waals surface area contributed by atoms with Crippen LogP contribution < -0.4 is 31.2 Å². The Balaban J connectivity index is 0.864. The Kier molecular flexibility index (Phi) is 31.7. The number of rotatable bonds is 37. The highest BCUT2D eigenvalue weighted by Crippen LogP contribution is 2.63. The highest BCUT2D eigenvalue weighted by atomic mass is 16.6. The molecule has 546 valence electrons. The number of allylic oxidation sites excluding steroid dienone is 1. The van der Waals surface area contributed by atoms with E-state index < -0.39 is 40.5 Å². The zero-order chi connectivity index (χ0) is 70.9. The third-order valence-electron chi connectivity index (χ3n) is 17.4. The summed E-state index contributed by atoms with van der Waals surface area (Å²) < 4.78 is 57.4. The summed E-state index contributed by atoms with van der Waals surface area (Å²) in [7, 11) is 3.08. The number of ether oxygens (including phenoxy) is 10. The van der Waals surface area contributed by atoms with Crippen molar-refractivity contribution in [1.82, 2.24) is 30.2 Å². The van der Waals surface area contributed by atoms with E-state index in [4.69, 9.17) is 58.1 Å². The molecule has 1 heterocycles. The maximum absolute atomic E-state index is 14.0. The number of aliphatic imine (C=N–C) groups is 1. The fraction of sp³-hybridized carbons (Fsp3) is 0.718. The molecule has 26 nitrogen and oxygen atoms in total. The van der Waals surface area contributed by atoms with Crippen molar-refractivity contribution in [2.24, 2.45) is 34.4 Å². The van der Waals surface area contributed by atoms with Crippen LogP contribution in [0, 0.1) is 23.7 Å². The number of hydrogen-bond acceptors (Lipinski definition) is 23. The molecule has 0 radical (unpaired) electrons. The van der Waals surface area contributed by atoms with Gasteiger partial charge < -0.3 is 79.3 Å². The maximum atomic E-state index is 14.0. The van der Waals surface area contributed by atoms with Crippen LogP contribution >= 0.6 is 0 Å². The van der Waals surface area contributed by atoms with Crippen LogP contribution in [-0.2, 0) is 61.9 Å².